The van der Waals surface area contributed by atoms with Crippen LogP contribution in [0.5, 0.6) is 0 Å². The summed E-state index contributed by atoms with van der Waals surface area (Å²) in [5.74, 6) is -0.759. The highest BCUT2D eigenvalue weighted by atomic mass is 35.5. The highest BCUT2D eigenvalue weighted by Gasteiger charge is 2.21. The van der Waals surface area contributed by atoms with E-state index in [0.29, 0.717) is 0 Å². The molecule has 0 bridgehead atoms. The van der Waals surface area contributed by atoms with E-state index in [0.717, 1.165) is 12.1 Å². The molecule has 0 aliphatic carbocycles. The van der Waals surface area contributed by atoms with E-state index in [1.54, 1.807) is 6.92 Å². The standard InChI is InChI=1S/C10H12ClFN2O2S/c1-3-6(2)14-17(15,16)10-5-9(13)8(12)4-7(10)11/h3-6,14H,1,13H2,2H3. The minimum absolute atomic E-state index is 0.222. The smallest absolute Gasteiger partial charge is 0.242 e. The van der Waals surface area contributed by atoms with Crippen LogP contribution < -0.4 is 10.5 Å². The van der Waals surface area contributed by atoms with Crippen molar-refractivity contribution >= 4 is 27.3 Å². The van der Waals surface area contributed by atoms with Gasteiger partial charge in [-0.05, 0) is 19.1 Å². The Hall–Kier alpha value is -1.11. The van der Waals surface area contributed by atoms with E-state index < -0.39 is 21.9 Å². The number of nitrogen functional groups attached to an aromatic ring is 1. The monoisotopic (exact) mass is 278 g/mol. The summed E-state index contributed by atoms with van der Waals surface area (Å²) < 4.78 is 39.1. The highest BCUT2D eigenvalue weighted by molar-refractivity contribution is 7.89. The third-order valence-corrected chi connectivity index (χ3v) is 4.06. The van der Waals surface area contributed by atoms with Crippen LogP contribution in [0.4, 0.5) is 10.1 Å². The number of sulfonamides is 1. The summed E-state index contributed by atoms with van der Waals surface area (Å²) in [7, 11) is -3.84. The maximum Gasteiger partial charge on any atom is 0.242 e. The molecule has 0 heterocycles. The molecule has 0 saturated carbocycles. The summed E-state index contributed by atoms with van der Waals surface area (Å²) in [5.41, 5.74) is 5.03. The van der Waals surface area contributed by atoms with Crippen LogP contribution in [0, 0.1) is 5.82 Å². The van der Waals surface area contributed by atoms with Crippen molar-refractivity contribution in [2.45, 2.75) is 17.9 Å². The van der Waals surface area contributed by atoms with Gasteiger partial charge in [0, 0.05) is 6.04 Å². The number of hydrogen-bond donors (Lipinski definition) is 2. The Morgan fingerprint density at radius 2 is 2.18 bits per heavy atom. The molecule has 17 heavy (non-hydrogen) atoms. The van der Waals surface area contributed by atoms with Gasteiger partial charge in [0.15, 0.2) is 0 Å². The van der Waals surface area contributed by atoms with E-state index in [2.05, 4.69) is 11.3 Å². The van der Waals surface area contributed by atoms with Gasteiger partial charge in [-0.15, -0.1) is 6.58 Å². The summed E-state index contributed by atoms with van der Waals surface area (Å²) in [5, 5.41) is -0.222. The Morgan fingerprint density at radius 3 is 2.71 bits per heavy atom. The first-order chi connectivity index (χ1) is 7.77. The molecule has 1 unspecified atom stereocenters. The van der Waals surface area contributed by atoms with Gasteiger partial charge in [-0.25, -0.2) is 17.5 Å². The second-order valence-corrected chi connectivity index (χ2v) is 5.54. The van der Waals surface area contributed by atoms with Gasteiger partial charge < -0.3 is 5.73 Å². The molecule has 0 amide bonds. The Labute approximate surface area is 104 Å². The SMILES string of the molecule is C=CC(C)NS(=O)(=O)c1cc(N)c(F)cc1Cl. The molecular formula is C10H12ClFN2O2S. The molecule has 94 valence electrons. The molecule has 4 nitrogen and oxygen atoms in total. The van der Waals surface area contributed by atoms with Gasteiger partial charge in [0.05, 0.1) is 10.7 Å². The lowest BCUT2D eigenvalue weighted by Gasteiger charge is -2.12. The number of hydrogen-bond acceptors (Lipinski definition) is 3. The van der Waals surface area contributed by atoms with Crippen LogP contribution in [-0.2, 0) is 10.0 Å². The molecular weight excluding hydrogens is 267 g/mol. The van der Waals surface area contributed by atoms with Crippen LogP contribution in [0.15, 0.2) is 29.7 Å². The Kier molecular flexibility index (Phi) is 4.13. The number of nitrogens with one attached hydrogen (secondary N) is 1. The average Bonchev–Trinajstić information content (AvgIpc) is 2.22. The Bertz CT molecular complexity index is 545. The molecule has 7 heteroatoms. The summed E-state index contributed by atoms with van der Waals surface area (Å²) in [4.78, 5) is -0.258. The fourth-order valence-corrected chi connectivity index (χ4v) is 2.87. The molecule has 0 fully saturated rings. The fraction of sp³-hybridized carbons (Fsp3) is 0.200. The van der Waals surface area contributed by atoms with Gasteiger partial charge in [-0.2, -0.15) is 0 Å². The summed E-state index contributed by atoms with van der Waals surface area (Å²) in [6.45, 7) is 5.05. The van der Waals surface area contributed by atoms with Crippen molar-refractivity contribution < 1.29 is 12.8 Å². The molecule has 0 aliphatic heterocycles. The molecule has 1 aromatic carbocycles. The number of anilines is 1. The van der Waals surface area contributed by atoms with Gasteiger partial charge in [0.2, 0.25) is 10.0 Å². The molecule has 1 atom stereocenters. The zero-order chi connectivity index (χ0) is 13.2. The minimum atomic E-state index is -3.84. The van der Waals surface area contributed by atoms with Crippen LogP contribution in [0.2, 0.25) is 5.02 Å². The third-order valence-electron chi connectivity index (χ3n) is 2.04. The van der Waals surface area contributed by atoms with Gasteiger partial charge >= 0.3 is 0 Å². The van der Waals surface area contributed by atoms with Crippen molar-refractivity contribution in [3.63, 3.8) is 0 Å². The summed E-state index contributed by atoms with van der Waals surface area (Å²) in [6.07, 6.45) is 1.42. The fourth-order valence-electron chi connectivity index (χ4n) is 1.11. The molecule has 0 spiro atoms. The van der Waals surface area contributed by atoms with E-state index in [4.69, 9.17) is 17.3 Å². The van der Waals surface area contributed by atoms with Gasteiger partial charge in [0.25, 0.3) is 0 Å². The van der Waals surface area contributed by atoms with E-state index in [9.17, 15) is 12.8 Å². The van der Waals surface area contributed by atoms with Crippen LogP contribution in [0.1, 0.15) is 6.92 Å². The predicted molar refractivity (Wildman–Crippen MR) is 65.8 cm³/mol. The second-order valence-electron chi connectivity index (χ2n) is 3.45. The average molecular weight is 279 g/mol. The molecule has 0 radical (unpaired) electrons. The zero-order valence-electron chi connectivity index (χ0n) is 9.07. The zero-order valence-corrected chi connectivity index (χ0v) is 10.6. The van der Waals surface area contributed by atoms with Crippen molar-refractivity contribution in [3.05, 3.63) is 35.6 Å². The van der Waals surface area contributed by atoms with Crippen molar-refractivity contribution in [2.24, 2.45) is 0 Å². The van der Waals surface area contributed by atoms with Crippen molar-refractivity contribution in [1.29, 1.82) is 0 Å². The largest absolute Gasteiger partial charge is 0.396 e. The topological polar surface area (TPSA) is 72.2 Å². The van der Waals surface area contributed by atoms with Crippen LogP contribution in [0.25, 0.3) is 0 Å². The Morgan fingerprint density at radius 1 is 1.59 bits per heavy atom. The molecule has 3 N–H and O–H groups in total. The number of rotatable bonds is 4. The normalized spacial score (nSPS) is 13.4. The molecule has 0 aromatic heterocycles. The van der Waals surface area contributed by atoms with Crippen LogP contribution in [0.3, 0.4) is 0 Å². The molecule has 1 aromatic rings. The number of halogens is 2. The predicted octanol–water partition coefficient (Wildman–Crippen LogP) is 1.91. The van der Waals surface area contributed by atoms with Crippen molar-refractivity contribution in [2.75, 3.05) is 5.73 Å². The summed E-state index contributed by atoms with van der Waals surface area (Å²) >= 11 is 5.67. The molecule has 0 saturated heterocycles. The lowest BCUT2D eigenvalue weighted by Crippen LogP contribution is -2.31. The van der Waals surface area contributed by atoms with Crippen LogP contribution >= 0.6 is 11.6 Å². The van der Waals surface area contributed by atoms with Gasteiger partial charge in [-0.1, -0.05) is 17.7 Å². The third kappa shape index (κ3) is 3.18. The quantitative estimate of drug-likeness (QED) is 0.653. The van der Waals surface area contributed by atoms with E-state index in [1.807, 2.05) is 0 Å². The van der Waals surface area contributed by atoms with Crippen molar-refractivity contribution in [3.8, 4) is 0 Å². The van der Waals surface area contributed by atoms with Crippen molar-refractivity contribution in [1.82, 2.24) is 4.72 Å². The van der Waals surface area contributed by atoms with E-state index in [-0.39, 0.29) is 15.6 Å². The maximum absolute atomic E-state index is 13.0. The lowest BCUT2D eigenvalue weighted by molar-refractivity contribution is 0.575. The minimum Gasteiger partial charge on any atom is -0.396 e. The van der Waals surface area contributed by atoms with Gasteiger partial charge in [-0.3, -0.25) is 0 Å². The van der Waals surface area contributed by atoms with E-state index >= 15 is 0 Å². The number of benzene rings is 1. The van der Waals surface area contributed by atoms with E-state index in [1.165, 1.54) is 6.08 Å². The first-order valence-corrected chi connectivity index (χ1v) is 6.53. The molecule has 1 rings (SSSR count). The lowest BCUT2D eigenvalue weighted by atomic mass is 10.3. The highest BCUT2D eigenvalue weighted by Crippen LogP contribution is 2.26. The first-order valence-electron chi connectivity index (χ1n) is 4.67. The maximum atomic E-state index is 13.0. The van der Waals surface area contributed by atoms with Crippen LogP contribution in [-0.4, -0.2) is 14.5 Å². The summed E-state index contributed by atoms with van der Waals surface area (Å²) in [6, 6.07) is 1.38. The van der Waals surface area contributed by atoms with Gasteiger partial charge in [0.1, 0.15) is 10.7 Å². The second kappa shape index (κ2) is 5.03. The number of nitrogens with two attached hydrogens (primary N) is 1. The Balaban J connectivity index is 3.24. The first kappa shape index (κ1) is 14.0. The molecule has 0 aliphatic rings.